The second-order valence-electron chi connectivity index (χ2n) is 10.8. The van der Waals surface area contributed by atoms with Crippen LogP contribution in [0.4, 0.5) is 0 Å². The van der Waals surface area contributed by atoms with Crippen molar-refractivity contribution >= 4 is 0 Å². The van der Waals surface area contributed by atoms with Gasteiger partial charge in [0.05, 0.1) is 17.4 Å². The largest absolute Gasteiger partial charge is 0.393 e. The second kappa shape index (κ2) is 6.02. The standard InChI is InChI=1S/C24H35NO3/c1-21-10-8-17(26)15-16(21)6-7-19-18(21)9-11-22(2)23(19,27)12-13-24(22,28)20-5-3-4-14-25-20/h3-5,14,16-19,26-28H,6-13,15H2,1-2H3/t16?,17?,18-,19-,21+,22+,23-,24?/m1/s1. The topological polar surface area (TPSA) is 73.6 Å². The van der Waals surface area contributed by atoms with Crippen molar-refractivity contribution in [3.8, 4) is 0 Å². The van der Waals surface area contributed by atoms with Crippen molar-refractivity contribution in [1.29, 1.82) is 0 Å². The molecule has 4 aliphatic carbocycles. The Balaban J connectivity index is 1.52. The highest BCUT2D eigenvalue weighted by Crippen LogP contribution is 2.71. The Morgan fingerprint density at radius 2 is 1.75 bits per heavy atom. The van der Waals surface area contributed by atoms with E-state index in [0.717, 1.165) is 44.9 Å². The highest BCUT2D eigenvalue weighted by atomic mass is 16.3. The molecule has 0 saturated heterocycles. The molecule has 28 heavy (non-hydrogen) atoms. The Bertz CT molecular complexity index is 755. The molecule has 4 nitrogen and oxygen atoms in total. The molecule has 0 spiro atoms. The lowest BCUT2D eigenvalue weighted by atomic mass is 9.43. The first-order chi connectivity index (χ1) is 13.2. The lowest BCUT2D eigenvalue weighted by Crippen LogP contribution is -2.64. The summed E-state index contributed by atoms with van der Waals surface area (Å²) in [6.45, 7) is 4.54. The average molecular weight is 386 g/mol. The fourth-order valence-corrected chi connectivity index (χ4v) is 8.24. The Hall–Kier alpha value is -0.970. The average Bonchev–Trinajstić information content (AvgIpc) is 2.91. The van der Waals surface area contributed by atoms with Gasteiger partial charge in [0, 0.05) is 11.6 Å². The number of hydrogen-bond donors (Lipinski definition) is 3. The number of aromatic nitrogens is 1. The van der Waals surface area contributed by atoms with E-state index in [1.54, 1.807) is 6.20 Å². The lowest BCUT2D eigenvalue weighted by molar-refractivity contribution is -0.239. The molecule has 5 rings (SSSR count). The van der Waals surface area contributed by atoms with Crippen molar-refractivity contribution in [3.05, 3.63) is 30.1 Å². The van der Waals surface area contributed by atoms with Gasteiger partial charge in [-0.15, -0.1) is 0 Å². The molecule has 1 aromatic rings. The summed E-state index contributed by atoms with van der Waals surface area (Å²) in [6, 6.07) is 5.74. The fourth-order valence-electron chi connectivity index (χ4n) is 8.24. The van der Waals surface area contributed by atoms with Gasteiger partial charge in [-0.2, -0.15) is 0 Å². The van der Waals surface area contributed by atoms with Crippen LogP contribution in [0.1, 0.15) is 77.3 Å². The third-order valence-corrected chi connectivity index (χ3v) is 10.1. The van der Waals surface area contributed by atoms with E-state index in [0.29, 0.717) is 30.4 Å². The van der Waals surface area contributed by atoms with Crippen LogP contribution in [0.25, 0.3) is 0 Å². The van der Waals surface area contributed by atoms with Crippen molar-refractivity contribution < 1.29 is 15.3 Å². The van der Waals surface area contributed by atoms with Crippen LogP contribution in [0.3, 0.4) is 0 Å². The van der Waals surface area contributed by atoms with Gasteiger partial charge >= 0.3 is 0 Å². The number of aliphatic hydroxyl groups is 3. The maximum atomic E-state index is 12.2. The summed E-state index contributed by atoms with van der Waals surface area (Å²) >= 11 is 0. The first kappa shape index (κ1) is 19.0. The van der Waals surface area contributed by atoms with Crippen LogP contribution in [0.15, 0.2) is 24.4 Å². The van der Waals surface area contributed by atoms with E-state index < -0.39 is 16.6 Å². The summed E-state index contributed by atoms with van der Waals surface area (Å²) in [7, 11) is 0. The molecular weight excluding hydrogens is 350 g/mol. The summed E-state index contributed by atoms with van der Waals surface area (Å²) in [5.74, 6) is 1.30. The molecule has 8 atom stereocenters. The number of nitrogens with zero attached hydrogens (tertiary/aromatic N) is 1. The lowest BCUT2D eigenvalue weighted by Gasteiger charge is -2.64. The van der Waals surface area contributed by atoms with Gasteiger partial charge in [0.25, 0.3) is 0 Å². The molecule has 1 heterocycles. The maximum absolute atomic E-state index is 12.2. The molecule has 4 fully saturated rings. The number of fused-ring (bicyclic) bond motifs is 5. The number of aliphatic hydroxyl groups excluding tert-OH is 1. The van der Waals surface area contributed by atoms with Crippen molar-refractivity contribution in [2.75, 3.05) is 0 Å². The van der Waals surface area contributed by atoms with E-state index in [9.17, 15) is 15.3 Å². The minimum atomic E-state index is -1.06. The molecule has 3 unspecified atom stereocenters. The Labute approximate surface area is 168 Å². The highest BCUT2D eigenvalue weighted by Gasteiger charge is 2.72. The molecule has 0 aromatic carbocycles. The number of pyridine rings is 1. The molecule has 0 bridgehead atoms. The molecule has 1 aromatic heterocycles. The van der Waals surface area contributed by atoms with Crippen LogP contribution >= 0.6 is 0 Å². The fraction of sp³-hybridized carbons (Fsp3) is 0.792. The highest BCUT2D eigenvalue weighted by molar-refractivity contribution is 5.28. The Kier molecular flexibility index (Phi) is 4.09. The SMILES string of the molecule is C[C@]12CCC(O)CC1CC[C@@H]1[C@H]2CC[C@]2(C)C(O)(c3ccccn3)CC[C@@]12O. The molecule has 4 aliphatic rings. The van der Waals surface area contributed by atoms with Gasteiger partial charge in [0.15, 0.2) is 0 Å². The third-order valence-electron chi connectivity index (χ3n) is 10.1. The smallest absolute Gasteiger partial charge is 0.115 e. The van der Waals surface area contributed by atoms with Gasteiger partial charge in [0.1, 0.15) is 5.60 Å². The minimum Gasteiger partial charge on any atom is -0.393 e. The Morgan fingerprint density at radius 3 is 2.50 bits per heavy atom. The van der Waals surface area contributed by atoms with Crippen LogP contribution in [0, 0.1) is 28.6 Å². The van der Waals surface area contributed by atoms with E-state index in [1.165, 1.54) is 0 Å². The predicted molar refractivity (Wildman–Crippen MR) is 107 cm³/mol. The quantitative estimate of drug-likeness (QED) is 0.688. The first-order valence-electron chi connectivity index (χ1n) is 11.3. The maximum Gasteiger partial charge on any atom is 0.115 e. The summed E-state index contributed by atoms with van der Waals surface area (Å²) in [5, 5.41) is 34.2. The van der Waals surface area contributed by atoms with E-state index in [1.807, 2.05) is 18.2 Å². The van der Waals surface area contributed by atoms with Gasteiger partial charge in [-0.25, -0.2) is 0 Å². The van der Waals surface area contributed by atoms with Crippen molar-refractivity contribution in [2.45, 2.75) is 88.9 Å². The zero-order valence-electron chi connectivity index (χ0n) is 17.3. The van der Waals surface area contributed by atoms with E-state index in [2.05, 4.69) is 18.8 Å². The zero-order chi connectivity index (χ0) is 19.8. The molecule has 0 aliphatic heterocycles. The summed E-state index contributed by atoms with van der Waals surface area (Å²) < 4.78 is 0. The van der Waals surface area contributed by atoms with Crippen molar-refractivity contribution in [1.82, 2.24) is 4.98 Å². The van der Waals surface area contributed by atoms with Gasteiger partial charge in [-0.3, -0.25) is 4.98 Å². The van der Waals surface area contributed by atoms with E-state index in [4.69, 9.17) is 0 Å². The van der Waals surface area contributed by atoms with E-state index in [-0.39, 0.29) is 17.4 Å². The molecule has 4 heteroatoms. The molecule has 3 N–H and O–H groups in total. The summed E-state index contributed by atoms with van der Waals surface area (Å²) in [4.78, 5) is 4.50. The van der Waals surface area contributed by atoms with Crippen molar-refractivity contribution in [2.24, 2.45) is 28.6 Å². The predicted octanol–water partition coefficient (Wildman–Crippen LogP) is 3.79. The molecule has 4 saturated carbocycles. The van der Waals surface area contributed by atoms with Crippen LogP contribution in [-0.2, 0) is 5.60 Å². The normalized spacial score (nSPS) is 53.2. The van der Waals surface area contributed by atoms with E-state index >= 15 is 0 Å². The molecule has 154 valence electrons. The van der Waals surface area contributed by atoms with Crippen molar-refractivity contribution in [3.63, 3.8) is 0 Å². The summed E-state index contributed by atoms with van der Waals surface area (Å²) in [5.41, 5.74) is -1.54. The van der Waals surface area contributed by atoms with Crippen LogP contribution < -0.4 is 0 Å². The first-order valence-corrected chi connectivity index (χ1v) is 11.3. The molecule has 0 radical (unpaired) electrons. The van der Waals surface area contributed by atoms with Crippen LogP contribution in [-0.4, -0.2) is 32.0 Å². The van der Waals surface area contributed by atoms with Gasteiger partial charge in [-0.1, -0.05) is 19.9 Å². The van der Waals surface area contributed by atoms with Crippen LogP contribution in [0.5, 0.6) is 0 Å². The van der Waals surface area contributed by atoms with Crippen LogP contribution in [0.2, 0.25) is 0 Å². The molecule has 0 amide bonds. The number of hydrogen-bond acceptors (Lipinski definition) is 4. The monoisotopic (exact) mass is 385 g/mol. The zero-order valence-corrected chi connectivity index (χ0v) is 17.3. The second-order valence-corrected chi connectivity index (χ2v) is 10.8. The number of rotatable bonds is 1. The Morgan fingerprint density at radius 1 is 0.929 bits per heavy atom. The minimum absolute atomic E-state index is 0.146. The summed E-state index contributed by atoms with van der Waals surface area (Å²) in [6.07, 6.45) is 9.72. The van der Waals surface area contributed by atoms with Gasteiger partial charge in [0.2, 0.25) is 0 Å². The third kappa shape index (κ3) is 2.20. The van der Waals surface area contributed by atoms with Gasteiger partial charge in [-0.05, 0) is 93.1 Å². The molecular formula is C24H35NO3. The van der Waals surface area contributed by atoms with Gasteiger partial charge < -0.3 is 15.3 Å².